The predicted molar refractivity (Wildman–Crippen MR) is 37.6 cm³/mol. The third-order valence-corrected chi connectivity index (χ3v) is 0.840. The normalized spacial score (nSPS) is 10.1. The molecule has 0 spiro atoms. The molecule has 0 aliphatic heterocycles. The van der Waals surface area contributed by atoms with E-state index in [1.54, 1.807) is 0 Å². The van der Waals surface area contributed by atoms with E-state index >= 15 is 0 Å². The Hall–Kier alpha value is -0.560. The molecule has 0 aromatic heterocycles. The molecule has 0 heterocycles. The standard InChI is InChI=1S/C7H13N/c1-2-3-4-5-6-7-8/h2,5-6H,1,3-4,7-8H2/b6-5+. The molecule has 0 rings (SSSR count). The molecule has 1 nitrogen and oxygen atoms in total. The van der Waals surface area contributed by atoms with Crippen LogP contribution in [0.3, 0.4) is 0 Å². The van der Waals surface area contributed by atoms with Crippen LogP contribution in [0.25, 0.3) is 0 Å². The molecule has 0 saturated carbocycles. The molecule has 0 aromatic carbocycles. The van der Waals surface area contributed by atoms with Gasteiger partial charge in [-0.1, -0.05) is 18.2 Å². The van der Waals surface area contributed by atoms with Crippen molar-refractivity contribution in [3.05, 3.63) is 24.8 Å². The summed E-state index contributed by atoms with van der Waals surface area (Å²) >= 11 is 0. The summed E-state index contributed by atoms with van der Waals surface area (Å²) < 4.78 is 0. The number of hydrogen-bond donors (Lipinski definition) is 1. The fraction of sp³-hybridized carbons (Fsp3) is 0.429. The van der Waals surface area contributed by atoms with Crippen LogP contribution in [0.4, 0.5) is 0 Å². The van der Waals surface area contributed by atoms with E-state index in [1.165, 1.54) is 0 Å². The summed E-state index contributed by atoms with van der Waals surface area (Å²) in [6, 6.07) is 0. The molecule has 0 aliphatic carbocycles. The van der Waals surface area contributed by atoms with Gasteiger partial charge in [-0.15, -0.1) is 6.58 Å². The van der Waals surface area contributed by atoms with E-state index in [0.29, 0.717) is 6.54 Å². The second-order valence-electron chi connectivity index (χ2n) is 1.57. The maximum atomic E-state index is 5.20. The van der Waals surface area contributed by atoms with Crippen LogP contribution in [0.15, 0.2) is 24.8 Å². The Morgan fingerprint density at radius 3 is 2.50 bits per heavy atom. The fourth-order valence-electron chi connectivity index (χ4n) is 0.428. The molecule has 1 heteroatoms. The van der Waals surface area contributed by atoms with Crippen LogP contribution in [-0.2, 0) is 0 Å². The van der Waals surface area contributed by atoms with Crippen molar-refractivity contribution in [3.63, 3.8) is 0 Å². The first kappa shape index (κ1) is 7.44. The van der Waals surface area contributed by atoms with Crippen LogP contribution in [0.1, 0.15) is 12.8 Å². The summed E-state index contributed by atoms with van der Waals surface area (Å²) in [6.07, 6.45) is 8.06. The Kier molecular flexibility index (Phi) is 5.99. The Morgan fingerprint density at radius 2 is 2.00 bits per heavy atom. The average molecular weight is 111 g/mol. The maximum Gasteiger partial charge on any atom is 0.0106 e. The average Bonchev–Trinajstić information content (AvgIpc) is 1.81. The molecule has 46 valence electrons. The lowest BCUT2D eigenvalue weighted by Gasteiger charge is -1.82. The highest BCUT2D eigenvalue weighted by Gasteiger charge is 1.70. The largest absolute Gasteiger partial charge is 0.327 e. The lowest BCUT2D eigenvalue weighted by Crippen LogP contribution is -1.91. The summed E-state index contributed by atoms with van der Waals surface area (Å²) in [5.74, 6) is 0. The Bertz CT molecular complexity index is 74.5. The van der Waals surface area contributed by atoms with Gasteiger partial charge < -0.3 is 5.73 Å². The molecule has 0 aliphatic rings. The summed E-state index contributed by atoms with van der Waals surface area (Å²) in [7, 11) is 0. The fourth-order valence-corrected chi connectivity index (χ4v) is 0.428. The molecule has 0 aromatic rings. The van der Waals surface area contributed by atoms with Gasteiger partial charge in [-0.3, -0.25) is 0 Å². The second kappa shape index (κ2) is 6.44. The van der Waals surface area contributed by atoms with Gasteiger partial charge in [0.25, 0.3) is 0 Å². The number of nitrogens with two attached hydrogens (primary N) is 1. The van der Waals surface area contributed by atoms with Crippen molar-refractivity contribution in [3.8, 4) is 0 Å². The highest BCUT2D eigenvalue weighted by molar-refractivity contribution is 4.84. The van der Waals surface area contributed by atoms with E-state index in [0.717, 1.165) is 12.8 Å². The number of rotatable bonds is 4. The molecule has 0 atom stereocenters. The van der Waals surface area contributed by atoms with E-state index in [9.17, 15) is 0 Å². The molecule has 2 N–H and O–H groups in total. The number of unbranched alkanes of at least 4 members (excludes halogenated alkanes) is 1. The molecule has 0 saturated heterocycles. The van der Waals surface area contributed by atoms with Gasteiger partial charge in [-0.25, -0.2) is 0 Å². The second-order valence-corrected chi connectivity index (χ2v) is 1.57. The first-order chi connectivity index (χ1) is 3.91. The van der Waals surface area contributed by atoms with Crippen LogP contribution in [0.5, 0.6) is 0 Å². The quantitative estimate of drug-likeness (QED) is 0.431. The molecule has 0 radical (unpaired) electrons. The highest BCUT2D eigenvalue weighted by atomic mass is 14.5. The van der Waals surface area contributed by atoms with Gasteiger partial charge in [0.1, 0.15) is 0 Å². The molecule has 0 amide bonds. The topological polar surface area (TPSA) is 26.0 Å². The Balaban J connectivity index is 2.90. The van der Waals surface area contributed by atoms with Gasteiger partial charge in [-0.2, -0.15) is 0 Å². The lowest BCUT2D eigenvalue weighted by atomic mass is 10.3. The summed E-state index contributed by atoms with van der Waals surface area (Å²) in [5.41, 5.74) is 5.20. The summed E-state index contributed by atoms with van der Waals surface area (Å²) in [4.78, 5) is 0. The van der Waals surface area contributed by atoms with E-state index in [-0.39, 0.29) is 0 Å². The third-order valence-electron chi connectivity index (χ3n) is 0.840. The van der Waals surface area contributed by atoms with Gasteiger partial charge in [0.2, 0.25) is 0 Å². The van der Waals surface area contributed by atoms with Gasteiger partial charge in [0, 0.05) is 6.54 Å². The van der Waals surface area contributed by atoms with E-state index in [1.807, 2.05) is 12.2 Å². The van der Waals surface area contributed by atoms with Crippen molar-refractivity contribution in [1.29, 1.82) is 0 Å². The molecular weight excluding hydrogens is 98.1 g/mol. The van der Waals surface area contributed by atoms with E-state index < -0.39 is 0 Å². The van der Waals surface area contributed by atoms with Crippen LogP contribution in [0.2, 0.25) is 0 Å². The molecule has 0 unspecified atom stereocenters. The van der Waals surface area contributed by atoms with Crippen molar-refractivity contribution in [2.75, 3.05) is 6.54 Å². The minimum atomic E-state index is 0.650. The molecule has 0 fully saturated rings. The maximum absolute atomic E-state index is 5.20. The summed E-state index contributed by atoms with van der Waals surface area (Å²) in [5, 5.41) is 0. The first-order valence-corrected chi connectivity index (χ1v) is 2.87. The van der Waals surface area contributed by atoms with Crippen LogP contribution >= 0.6 is 0 Å². The zero-order chi connectivity index (χ0) is 6.24. The third kappa shape index (κ3) is 5.44. The molecule has 0 bridgehead atoms. The van der Waals surface area contributed by atoms with Gasteiger partial charge in [0.15, 0.2) is 0 Å². The Labute approximate surface area is 50.9 Å². The molecule has 8 heavy (non-hydrogen) atoms. The zero-order valence-corrected chi connectivity index (χ0v) is 5.14. The van der Waals surface area contributed by atoms with Gasteiger partial charge in [0.05, 0.1) is 0 Å². The number of hydrogen-bond acceptors (Lipinski definition) is 1. The van der Waals surface area contributed by atoms with Crippen molar-refractivity contribution in [2.24, 2.45) is 5.73 Å². The van der Waals surface area contributed by atoms with Gasteiger partial charge in [-0.05, 0) is 12.8 Å². The minimum absolute atomic E-state index is 0.650. The van der Waals surface area contributed by atoms with Crippen LogP contribution < -0.4 is 5.73 Å². The van der Waals surface area contributed by atoms with E-state index in [2.05, 4.69) is 12.7 Å². The van der Waals surface area contributed by atoms with Crippen molar-refractivity contribution < 1.29 is 0 Å². The minimum Gasteiger partial charge on any atom is -0.327 e. The highest BCUT2D eigenvalue weighted by Crippen LogP contribution is 1.88. The van der Waals surface area contributed by atoms with Crippen LogP contribution in [-0.4, -0.2) is 6.54 Å². The van der Waals surface area contributed by atoms with Gasteiger partial charge >= 0.3 is 0 Å². The van der Waals surface area contributed by atoms with Crippen molar-refractivity contribution >= 4 is 0 Å². The number of allylic oxidation sites excluding steroid dienone is 2. The Morgan fingerprint density at radius 1 is 1.25 bits per heavy atom. The van der Waals surface area contributed by atoms with Crippen molar-refractivity contribution in [2.45, 2.75) is 12.8 Å². The van der Waals surface area contributed by atoms with E-state index in [4.69, 9.17) is 5.73 Å². The monoisotopic (exact) mass is 111 g/mol. The van der Waals surface area contributed by atoms with Crippen LogP contribution in [0, 0.1) is 0 Å². The SMILES string of the molecule is C=CCC/C=C/CN. The van der Waals surface area contributed by atoms with Crippen molar-refractivity contribution in [1.82, 2.24) is 0 Å². The first-order valence-electron chi connectivity index (χ1n) is 2.87. The smallest absolute Gasteiger partial charge is 0.0106 e. The lowest BCUT2D eigenvalue weighted by molar-refractivity contribution is 1.04. The predicted octanol–water partition coefficient (Wildman–Crippen LogP) is 1.47. The summed E-state index contributed by atoms with van der Waals surface area (Å²) in [6.45, 7) is 4.24. The zero-order valence-electron chi connectivity index (χ0n) is 5.14. The molecular formula is C7H13N.